The van der Waals surface area contributed by atoms with E-state index in [2.05, 4.69) is 18.7 Å². The molecule has 0 fully saturated rings. The Bertz CT molecular complexity index is 1880. The summed E-state index contributed by atoms with van der Waals surface area (Å²) in [6.45, 7) is 5.92. The van der Waals surface area contributed by atoms with Crippen molar-refractivity contribution in [2.75, 3.05) is 0 Å². The van der Waals surface area contributed by atoms with Gasteiger partial charge in [0.2, 0.25) is 0 Å². The number of nitriles is 4. The molecule has 156 valence electrons. The number of para-hydroxylation sites is 1. The molecule has 0 aliphatic carbocycles. The van der Waals surface area contributed by atoms with Crippen LogP contribution in [0.25, 0.3) is 44.5 Å². The van der Waals surface area contributed by atoms with Crippen LogP contribution < -0.4 is 0 Å². The SMILES string of the molecule is C=Cc1ccccc1-c1c(C)c2cc3ccccc3n2c2c(C#N)c(C#N)c(C#N)c(C#N)c12. The minimum absolute atomic E-state index is 0.0803. The Balaban J connectivity index is 2.27. The molecule has 0 amide bonds. The van der Waals surface area contributed by atoms with Crippen LogP contribution >= 0.6 is 0 Å². The second-order valence-corrected chi connectivity index (χ2v) is 7.89. The molecule has 0 saturated carbocycles. The van der Waals surface area contributed by atoms with Crippen LogP contribution in [0, 0.1) is 52.2 Å². The van der Waals surface area contributed by atoms with Crippen LogP contribution in [0.1, 0.15) is 33.4 Å². The number of nitrogens with zero attached hydrogens (tertiary/aromatic N) is 5. The molecule has 0 radical (unpaired) electrons. The van der Waals surface area contributed by atoms with Crippen LogP contribution in [0.3, 0.4) is 0 Å². The zero-order chi connectivity index (χ0) is 24.0. The summed E-state index contributed by atoms with van der Waals surface area (Å²) in [6.07, 6.45) is 1.74. The van der Waals surface area contributed by atoms with E-state index >= 15 is 0 Å². The normalized spacial score (nSPS) is 10.5. The second kappa shape index (κ2) is 7.65. The minimum atomic E-state index is -0.0834. The average Bonchev–Trinajstić information content (AvgIpc) is 3.27. The van der Waals surface area contributed by atoms with Crippen LogP contribution in [0.4, 0.5) is 0 Å². The van der Waals surface area contributed by atoms with Gasteiger partial charge >= 0.3 is 0 Å². The van der Waals surface area contributed by atoms with E-state index in [1.54, 1.807) is 6.08 Å². The first-order valence-corrected chi connectivity index (χ1v) is 10.5. The third-order valence-electron chi connectivity index (χ3n) is 6.31. The summed E-state index contributed by atoms with van der Waals surface area (Å²) in [7, 11) is 0. The van der Waals surface area contributed by atoms with Gasteiger partial charge in [-0.15, -0.1) is 0 Å². The van der Waals surface area contributed by atoms with Gasteiger partial charge in [0, 0.05) is 10.8 Å². The van der Waals surface area contributed by atoms with Crippen molar-refractivity contribution < 1.29 is 0 Å². The highest BCUT2D eigenvalue weighted by Crippen LogP contribution is 2.43. The lowest BCUT2D eigenvalue weighted by Crippen LogP contribution is -2.05. The van der Waals surface area contributed by atoms with Crippen molar-refractivity contribution >= 4 is 33.4 Å². The molecule has 0 atom stereocenters. The number of rotatable bonds is 2. The molecule has 0 N–H and O–H groups in total. The van der Waals surface area contributed by atoms with Gasteiger partial charge in [-0.25, -0.2) is 0 Å². The molecule has 5 rings (SSSR count). The molecule has 0 unspecified atom stereocenters. The first-order chi connectivity index (χ1) is 16.6. The maximum Gasteiger partial charge on any atom is 0.103 e. The first kappa shape index (κ1) is 20.5. The predicted octanol–water partition coefficient (Wildman–Crippen LogP) is 6.35. The van der Waals surface area contributed by atoms with Gasteiger partial charge in [-0.3, -0.25) is 0 Å². The average molecular weight is 433 g/mol. The molecule has 2 heterocycles. The van der Waals surface area contributed by atoms with E-state index in [1.165, 1.54) is 0 Å². The van der Waals surface area contributed by atoms with Crippen molar-refractivity contribution in [3.8, 4) is 35.4 Å². The van der Waals surface area contributed by atoms with E-state index in [9.17, 15) is 21.0 Å². The maximum absolute atomic E-state index is 10.2. The lowest BCUT2D eigenvalue weighted by molar-refractivity contribution is 1.27. The lowest BCUT2D eigenvalue weighted by Gasteiger charge is -2.19. The number of fused-ring (bicyclic) bond motifs is 5. The van der Waals surface area contributed by atoms with Gasteiger partial charge in [0.05, 0.1) is 38.8 Å². The summed E-state index contributed by atoms with van der Waals surface area (Å²) >= 11 is 0. The van der Waals surface area contributed by atoms with E-state index in [4.69, 9.17) is 0 Å². The summed E-state index contributed by atoms with van der Waals surface area (Å²) < 4.78 is 1.93. The Morgan fingerprint density at radius 1 is 0.765 bits per heavy atom. The fourth-order valence-corrected chi connectivity index (χ4v) is 4.87. The number of hydrogen-bond acceptors (Lipinski definition) is 4. The standard InChI is InChI=1S/C29H15N5/c1-3-18-8-4-6-10-20(18)27-17(2)26-12-19-9-5-7-11-25(19)34(26)29-24(16-33)22(14-31)21(13-30)23(15-32)28(27)29/h3-12H,1H2,2H3. The Labute approximate surface area is 195 Å². The Morgan fingerprint density at radius 2 is 1.38 bits per heavy atom. The number of benzene rings is 3. The minimum Gasteiger partial charge on any atom is -0.308 e. The van der Waals surface area contributed by atoms with Crippen molar-refractivity contribution in [2.24, 2.45) is 0 Å². The highest BCUT2D eigenvalue weighted by Gasteiger charge is 2.27. The van der Waals surface area contributed by atoms with Gasteiger partial charge in [-0.1, -0.05) is 55.1 Å². The fraction of sp³-hybridized carbons (Fsp3) is 0.0345. The number of aromatic nitrogens is 1. The number of hydrogen-bond donors (Lipinski definition) is 0. The summed E-state index contributed by atoms with van der Waals surface area (Å²) in [4.78, 5) is 0. The molecule has 34 heavy (non-hydrogen) atoms. The highest BCUT2D eigenvalue weighted by molar-refractivity contribution is 6.11. The Morgan fingerprint density at radius 3 is 2.06 bits per heavy atom. The van der Waals surface area contributed by atoms with E-state index in [0.29, 0.717) is 10.9 Å². The maximum atomic E-state index is 10.2. The van der Waals surface area contributed by atoms with Crippen LogP contribution in [-0.2, 0) is 0 Å². The molecule has 0 saturated heterocycles. The monoisotopic (exact) mass is 433 g/mol. The largest absolute Gasteiger partial charge is 0.308 e. The summed E-state index contributed by atoms with van der Waals surface area (Å²) in [6, 6.07) is 25.8. The van der Waals surface area contributed by atoms with Crippen LogP contribution in [0.15, 0.2) is 61.2 Å². The van der Waals surface area contributed by atoms with Crippen LogP contribution in [0.2, 0.25) is 0 Å². The molecule has 3 aromatic carbocycles. The van der Waals surface area contributed by atoms with Crippen molar-refractivity contribution in [1.82, 2.24) is 4.40 Å². The van der Waals surface area contributed by atoms with Crippen LogP contribution in [0.5, 0.6) is 0 Å². The van der Waals surface area contributed by atoms with Gasteiger partial charge < -0.3 is 4.40 Å². The van der Waals surface area contributed by atoms with Crippen molar-refractivity contribution in [1.29, 1.82) is 21.0 Å². The van der Waals surface area contributed by atoms with Gasteiger partial charge in [0.15, 0.2) is 0 Å². The number of aryl methyl sites for hydroxylation is 1. The Hall–Kier alpha value is -5.36. The zero-order valence-corrected chi connectivity index (χ0v) is 18.2. The molecular weight excluding hydrogens is 418 g/mol. The molecule has 0 aliphatic rings. The van der Waals surface area contributed by atoms with Crippen molar-refractivity contribution in [3.05, 3.63) is 94.6 Å². The first-order valence-electron chi connectivity index (χ1n) is 10.5. The predicted molar refractivity (Wildman–Crippen MR) is 132 cm³/mol. The Kier molecular flexibility index (Phi) is 4.62. The third-order valence-corrected chi connectivity index (χ3v) is 6.31. The molecule has 2 aromatic heterocycles. The molecular formula is C29H15N5. The fourth-order valence-electron chi connectivity index (χ4n) is 4.87. The van der Waals surface area contributed by atoms with E-state index < -0.39 is 0 Å². The molecule has 0 aliphatic heterocycles. The van der Waals surface area contributed by atoms with Crippen LogP contribution in [-0.4, -0.2) is 4.40 Å². The molecule has 0 spiro atoms. The topological polar surface area (TPSA) is 99.6 Å². The summed E-state index contributed by atoms with van der Waals surface area (Å²) in [5.74, 6) is 0. The molecule has 5 nitrogen and oxygen atoms in total. The third kappa shape index (κ3) is 2.56. The second-order valence-electron chi connectivity index (χ2n) is 7.89. The summed E-state index contributed by atoms with van der Waals surface area (Å²) in [5, 5.41) is 41.7. The highest BCUT2D eigenvalue weighted by atomic mass is 14.9. The molecule has 0 bridgehead atoms. The molecule has 5 aromatic rings. The quantitative estimate of drug-likeness (QED) is 0.324. The number of pyridine rings is 1. The lowest BCUT2D eigenvalue weighted by atomic mass is 9.85. The van der Waals surface area contributed by atoms with Gasteiger partial charge in [0.25, 0.3) is 0 Å². The zero-order valence-electron chi connectivity index (χ0n) is 18.2. The smallest absolute Gasteiger partial charge is 0.103 e. The van der Waals surface area contributed by atoms with Crippen molar-refractivity contribution in [2.45, 2.75) is 6.92 Å². The van der Waals surface area contributed by atoms with E-state index in [1.807, 2.05) is 78.1 Å². The van der Waals surface area contributed by atoms with Crippen molar-refractivity contribution in [3.63, 3.8) is 0 Å². The molecule has 5 heteroatoms. The van der Waals surface area contributed by atoms with Gasteiger partial charge in [-0.2, -0.15) is 21.0 Å². The summed E-state index contributed by atoms with van der Waals surface area (Å²) in [5.41, 5.74) is 5.49. The van der Waals surface area contributed by atoms with E-state index in [-0.39, 0.29) is 22.3 Å². The van der Waals surface area contributed by atoms with Gasteiger partial charge in [-0.05, 0) is 41.3 Å². The van der Waals surface area contributed by atoms with E-state index in [0.717, 1.165) is 38.7 Å². The van der Waals surface area contributed by atoms with Gasteiger partial charge in [0.1, 0.15) is 24.3 Å².